The molecule has 1 amide bonds. The molecule has 1 aromatic heterocycles. The molecule has 4 N–H and O–H groups in total. The molecule has 158 valence electrons. The van der Waals surface area contributed by atoms with Crippen molar-refractivity contribution < 1.29 is 29.3 Å². The van der Waals surface area contributed by atoms with Gasteiger partial charge in [0.15, 0.2) is 0 Å². The number of alkyl carbamates (subject to hydrolysis) is 1. The molecule has 30 heavy (non-hydrogen) atoms. The van der Waals surface area contributed by atoms with Gasteiger partial charge in [0.1, 0.15) is 12.7 Å². The van der Waals surface area contributed by atoms with Gasteiger partial charge in [-0.2, -0.15) is 5.10 Å². The second-order valence-electron chi connectivity index (χ2n) is 6.68. The van der Waals surface area contributed by atoms with Crippen molar-refractivity contribution in [1.82, 2.24) is 15.5 Å². The van der Waals surface area contributed by atoms with E-state index in [2.05, 4.69) is 15.5 Å². The summed E-state index contributed by atoms with van der Waals surface area (Å²) < 4.78 is 9.86. The highest BCUT2D eigenvalue weighted by Crippen LogP contribution is 2.26. The summed E-state index contributed by atoms with van der Waals surface area (Å²) >= 11 is 0. The van der Waals surface area contributed by atoms with E-state index < -0.39 is 24.3 Å². The van der Waals surface area contributed by atoms with E-state index in [0.29, 0.717) is 16.5 Å². The monoisotopic (exact) mass is 413 g/mol. The number of aromatic nitrogens is 2. The molecular weight excluding hydrogens is 390 g/mol. The van der Waals surface area contributed by atoms with Gasteiger partial charge in [-0.3, -0.25) is 5.10 Å². The summed E-state index contributed by atoms with van der Waals surface area (Å²) in [5.41, 5.74) is 1.94. The number of aromatic amines is 1. The first kappa shape index (κ1) is 21.3. The Morgan fingerprint density at radius 2 is 1.97 bits per heavy atom. The lowest BCUT2D eigenvalue weighted by Gasteiger charge is -2.19. The third-order valence-corrected chi connectivity index (χ3v) is 4.61. The Balaban J connectivity index is 1.54. The molecule has 0 radical (unpaired) electrons. The van der Waals surface area contributed by atoms with Crippen LogP contribution in [0.2, 0.25) is 0 Å². The van der Waals surface area contributed by atoms with Gasteiger partial charge in [0, 0.05) is 11.9 Å². The van der Waals surface area contributed by atoms with Crippen molar-refractivity contribution in [3.05, 3.63) is 65.4 Å². The van der Waals surface area contributed by atoms with E-state index in [-0.39, 0.29) is 25.1 Å². The summed E-state index contributed by atoms with van der Waals surface area (Å²) in [6.45, 7) is 0.236. The number of hydrogen-bond acceptors (Lipinski definition) is 7. The number of carbonyl (C=O) groups is 2. The molecule has 9 nitrogen and oxygen atoms in total. The maximum atomic E-state index is 12.0. The van der Waals surface area contributed by atoms with Crippen molar-refractivity contribution in [2.75, 3.05) is 13.7 Å². The van der Waals surface area contributed by atoms with Gasteiger partial charge < -0.3 is 25.0 Å². The van der Waals surface area contributed by atoms with Gasteiger partial charge in [0.05, 0.1) is 30.5 Å². The van der Waals surface area contributed by atoms with Crippen LogP contribution >= 0.6 is 0 Å². The molecule has 2 aromatic carbocycles. The smallest absolute Gasteiger partial charge is 0.407 e. The van der Waals surface area contributed by atoms with Crippen LogP contribution in [0.5, 0.6) is 0 Å². The maximum absolute atomic E-state index is 12.0. The fourth-order valence-electron chi connectivity index (χ4n) is 3.00. The van der Waals surface area contributed by atoms with E-state index in [1.54, 1.807) is 6.07 Å². The predicted molar refractivity (Wildman–Crippen MR) is 108 cm³/mol. The van der Waals surface area contributed by atoms with E-state index in [0.717, 1.165) is 5.56 Å². The molecule has 0 aliphatic rings. The minimum atomic E-state index is -1.27. The maximum Gasteiger partial charge on any atom is 0.407 e. The fraction of sp³-hybridized carbons (Fsp3) is 0.286. The molecule has 3 aromatic rings. The van der Waals surface area contributed by atoms with Crippen LogP contribution < -0.4 is 5.32 Å². The molecule has 0 aliphatic heterocycles. The Morgan fingerprint density at radius 1 is 1.20 bits per heavy atom. The number of ether oxygens (including phenoxy) is 2. The molecular formula is C21H23N3O6. The lowest BCUT2D eigenvalue weighted by molar-refractivity contribution is 0.0136. The average molecular weight is 413 g/mol. The van der Waals surface area contributed by atoms with Crippen molar-refractivity contribution in [2.24, 2.45) is 0 Å². The van der Waals surface area contributed by atoms with Crippen LogP contribution in [0.4, 0.5) is 4.79 Å². The molecule has 1 heterocycles. The van der Waals surface area contributed by atoms with Crippen molar-refractivity contribution in [3.8, 4) is 0 Å². The number of benzene rings is 2. The number of fused-ring (bicyclic) bond motifs is 1. The molecule has 3 rings (SSSR count). The first-order valence-electron chi connectivity index (χ1n) is 9.35. The largest absolute Gasteiger partial charge is 0.465 e. The average Bonchev–Trinajstić information content (AvgIpc) is 3.25. The van der Waals surface area contributed by atoms with Gasteiger partial charge in [-0.25, -0.2) is 9.59 Å². The second kappa shape index (κ2) is 9.86. The van der Waals surface area contributed by atoms with E-state index in [1.807, 2.05) is 30.3 Å². The van der Waals surface area contributed by atoms with Crippen LogP contribution in [0.3, 0.4) is 0 Å². The van der Waals surface area contributed by atoms with Crippen LogP contribution in [0.1, 0.15) is 34.0 Å². The van der Waals surface area contributed by atoms with Crippen LogP contribution in [0, 0.1) is 0 Å². The van der Waals surface area contributed by atoms with Crippen LogP contribution in [0.25, 0.3) is 10.9 Å². The van der Waals surface area contributed by atoms with Gasteiger partial charge >= 0.3 is 12.1 Å². The highest BCUT2D eigenvalue weighted by Gasteiger charge is 2.22. The predicted octanol–water partition coefficient (Wildman–Crippen LogP) is 2.06. The summed E-state index contributed by atoms with van der Waals surface area (Å²) in [5, 5.41) is 30.5. The van der Waals surface area contributed by atoms with Crippen molar-refractivity contribution in [1.29, 1.82) is 0 Å². The highest BCUT2D eigenvalue weighted by atomic mass is 16.5. The van der Waals surface area contributed by atoms with Gasteiger partial charge in [-0.05, 0) is 29.7 Å². The zero-order chi connectivity index (χ0) is 21.5. The van der Waals surface area contributed by atoms with Gasteiger partial charge in [-0.15, -0.1) is 0 Å². The van der Waals surface area contributed by atoms with Crippen LogP contribution in [0.15, 0.2) is 48.7 Å². The van der Waals surface area contributed by atoms with Gasteiger partial charge in [-0.1, -0.05) is 30.3 Å². The number of H-pyrrole nitrogens is 1. The summed E-state index contributed by atoms with van der Waals surface area (Å²) in [6, 6.07) is 12.3. The number of aliphatic hydroxyl groups excluding tert-OH is 2. The first-order valence-corrected chi connectivity index (χ1v) is 9.35. The molecule has 0 saturated heterocycles. The third-order valence-electron chi connectivity index (χ3n) is 4.61. The highest BCUT2D eigenvalue weighted by molar-refractivity contribution is 6.03. The number of hydrogen-bond donors (Lipinski definition) is 4. The Kier molecular flexibility index (Phi) is 6.99. The van der Waals surface area contributed by atoms with Gasteiger partial charge in [0.2, 0.25) is 0 Å². The minimum absolute atomic E-state index is 0.0795. The van der Waals surface area contributed by atoms with E-state index >= 15 is 0 Å². The number of esters is 1. The molecule has 0 spiro atoms. The summed E-state index contributed by atoms with van der Waals surface area (Å²) in [5.74, 6) is -0.576. The van der Waals surface area contributed by atoms with E-state index in [9.17, 15) is 19.8 Å². The Labute approximate surface area is 172 Å². The lowest BCUT2D eigenvalue weighted by Crippen LogP contribution is -2.29. The zero-order valence-corrected chi connectivity index (χ0v) is 16.4. The van der Waals surface area contributed by atoms with Crippen molar-refractivity contribution >= 4 is 23.0 Å². The topological polar surface area (TPSA) is 134 Å². The van der Waals surface area contributed by atoms with Crippen LogP contribution in [-0.2, 0) is 16.1 Å². The molecule has 0 saturated carbocycles. The third kappa shape index (κ3) is 5.13. The number of nitrogens with zero attached hydrogens (tertiary/aromatic N) is 1. The fourth-order valence-corrected chi connectivity index (χ4v) is 3.00. The van der Waals surface area contributed by atoms with Gasteiger partial charge in [0.25, 0.3) is 0 Å². The molecule has 0 aliphatic carbocycles. The first-order chi connectivity index (χ1) is 14.5. The molecule has 0 fully saturated rings. The molecule has 9 heteroatoms. The van der Waals surface area contributed by atoms with Crippen LogP contribution in [-0.4, -0.2) is 52.2 Å². The number of methoxy groups -OCH3 is 1. The Bertz CT molecular complexity index is 1000. The number of rotatable bonds is 8. The van der Waals surface area contributed by atoms with E-state index in [1.165, 1.54) is 19.4 Å². The summed E-state index contributed by atoms with van der Waals surface area (Å²) in [4.78, 5) is 23.8. The normalized spacial score (nSPS) is 12.9. The lowest BCUT2D eigenvalue weighted by atomic mass is 9.98. The number of aliphatic hydroxyl groups is 2. The Morgan fingerprint density at radius 3 is 2.70 bits per heavy atom. The zero-order valence-electron chi connectivity index (χ0n) is 16.4. The molecule has 2 unspecified atom stereocenters. The van der Waals surface area contributed by atoms with Crippen molar-refractivity contribution in [2.45, 2.75) is 25.2 Å². The van der Waals surface area contributed by atoms with Crippen molar-refractivity contribution in [3.63, 3.8) is 0 Å². The summed E-state index contributed by atoms with van der Waals surface area (Å²) in [6.07, 6.45) is -1.50. The quantitative estimate of drug-likeness (QED) is 0.415. The minimum Gasteiger partial charge on any atom is -0.465 e. The molecule has 2 atom stereocenters. The Hall–Kier alpha value is -3.43. The molecule has 0 bridgehead atoms. The number of amides is 1. The SMILES string of the molecule is COC(=O)c1cc(C(O)C(O)CCNC(=O)OCc2ccccc2)cc2[nH]ncc12. The standard InChI is InChI=1S/C21H23N3O6/c1-29-20(27)15-9-14(10-17-16(15)11-23-24-17)19(26)18(25)7-8-22-21(28)30-12-13-5-3-2-4-6-13/h2-6,9-11,18-19,25-26H,7-8,12H2,1H3,(H,22,28)(H,23,24). The second-order valence-corrected chi connectivity index (χ2v) is 6.68. The van der Waals surface area contributed by atoms with E-state index in [4.69, 9.17) is 9.47 Å². The number of nitrogens with one attached hydrogen (secondary N) is 2. The summed E-state index contributed by atoms with van der Waals surface area (Å²) in [7, 11) is 1.26. The number of carbonyl (C=O) groups excluding carboxylic acids is 2.